The zero-order chi connectivity index (χ0) is 17.9. The summed E-state index contributed by atoms with van der Waals surface area (Å²) >= 11 is 0. The van der Waals surface area contributed by atoms with Gasteiger partial charge in [0, 0.05) is 23.5 Å². The second kappa shape index (κ2) is 6.87. The molecule has 3 aromatic rings. The summed E-state index contributed by atoms with van der Waals surface area (Å²) in [6, 6.07) is 7.55. The first-order chi connectivity index (χ1) is 12.7. The Balaban J connectivity index is 1.68. The first-order valence-electron chi connectivity index (χ1n) is 8.31. The highest BCUT2D eigenvalue weighted by atomic mass is 16.5. The van der Waals surface area contributed by atoms with E-state index >= 15 is 0 Å². The van der Waals surface area contributed by atoms with Crippen LogP contribution in [0.1, 0.15) is 22.8 Å². The monoisotopic (exact) mass is 347 g/mol. The molecule has 1 aliphatic rings. The molecule has 0 N–H and O–H groups in total. The van der Waals surface area contributed by atoms with Crippen LogP contribution in [0, 0.1) is 0 Å². The number of nitrogens with zero attached hydrogens (tertiary/aromatic N) is 5. The van der Waals surface area contributed by atoms with Crippen molar-refractivity contribution in [2.45, 2.75) is 19.5 Å². The molecular formula is C19H17N5O2. The van der Waals surface area contributed by atoms with E-state index in [2.05, 4.69) is 20.2 Å². The van der Waals surface area contributed by atoms with E-state index < -0.39 is 0 Å². The van der Waals surface area contributed by atoms with E-state index in [9.17, 15) is 4.79 Å². The maximum atomic E-state index is 12.9. The van der Waals surface area contributed by atoms with Crippen molar-refractivity contribution in [1.29, 1.82) is 0 Å². The molecule has 7 heteroatoms. The number of carbonyl (C=O) groups is 1. The minimum absolute atomic E-state index is 0.0634. The Morgan fingerprint density at radius 3 is 2.73 bits per heavy atom. The average Bonchev–Trinajstić information content (AvgIpc) is 2.87. The summed E-state index contributed by atoms with van der Waals surface area (Å²) in [5.41, 5.74) is 3.37. The molecule has 130 valence electrons. The van der Waals surface area contributed by atoms with Crippen LogP contribution < -0.4 is 4.74 Å². The van der Waals surface area contributed by atoms with Crippen LogP contribution in [-0.2, 0) is 6.54 Å². The molecule has 4 rings (SSSR count). The van der Waals surface area contributed by atoms with E-state index in [-0.39, 0.29) is 11.9 Å². The lowest BCUT2D eigenvalue weighted by Gasteiger charge is -2.26. The van der Waals surface area contributed by atoms with Gasteiger partial charge in [0.1, 0.15) is 18.7 Å². The minimum Gasteiger partial charge on any atom is -0.491 e. The molecule has 0 radical (unpaired) electrons. The molecular weight excluding hydrogens is 330 g/mol. The SMILES string of the molecule is C[C@H]1COc2ccc(-c3cncnc3)cc2CN1C(=O)c1ccnnc1. The van der Waals surface area contributed by atoms with Crippen LogP contribution in [0.5, 0.6) is 5.75 Å². The van der Waals surface area contributed by atoms with Gasteiger partial charge in [-0.15, -0.1) is 0 Å². The third kappa shape index (κ3) is 3.11. The summed E-state index contributed by atoms with van der Waals surface area (Å²) in [6.45, 7) is 2.87. The van der Waals surface area contributed by atoms with E-state index in [1.807, 2.05) is 25.1 Å². The molecule has 0 aliphatic carbocycles. The molecule has 26 heavy (non-hydrogen) atoms. The van der Waals surface area contributed by atoms with Crippen LogP contribution in [-0.4, -0.2) is 43.6 Å². The fourth-order valence-corrected chi connectivity index (χ4v) is 2.97. The highest BCUT2D eigenvalue weighted by molar-refractivity contribution is 5.94. The van der Waals surface area contributed by atoms with E-state index in [0.29, 0.717) is 18.7 Å². The minimum atomic E-state index is -0.0858. The average molecular weight is 347 g/mol. The van der Waals surface area contributed by atoms with Gasteiger partial charge in [-0.25, -0.2) is 9.97 Å². The van der Waals surface area contributed by atoms with Crippen molar-refractivity contribution < 1.29 is 9.53 Å². The molecule has 1 atom stereocenters. The highest BCUT2D eigenvalue weighted by Gasteiger charge is 2.27. The van der Waals surface area contributed by atoms with Crippen LogP contribution in [0.4, 0.5) is 0 Å². The number of fused-ring (bicyclic) bond motifs is 1. The van der Waals surface area contributed by atoms with Crippen molar-refractivity contribution in [3.05, 3.63) is 66.5 Å². The van der Waals surface area contributed by atoms with Crippen LogP contribution in [0.25, 0.3) is 11.1 Å². The van der Waals surface area contributed by atoms with Crippen molar-refractivity contribution in [2.24, 2.45) is 0 Å². The second-order valence-electron chi connectivity index (χ2n) is 6.17. The number of amides is 1. The van der Waals surface area contributed by atoms with Gasteiger partial charge in [-0.1, -0.05) is 6.07 Å². The third-order valence-corrected chi connectivity index (χ3v) is 4.40. The van der Waals surface area contributed by atoms with Gasteiger partial charge in [0.05, 0.1) is 30.5 Å². The zero-order valence-corrected chi connectivity index (χ0v) is 14.2. The molecule has 0 bridgehead atoms. The third-order valence-electron chi connectivity index (χ3n) is 4.40. The maximum absolute atomic E-state index is 12.9. The topological polar surface area (TPSA) is 81.1 Å². The molecule has 0 saturated carbocycles. The number of hydrogen-bond donors (Lipinski definition) is 0. The zero-order valence-electron chi connectivity index (χ0n) is 14.2. The second-order valence-corrected chi connectivity index (χ2v) is 6.17. The fraction of sp³-hybridized carbons (Fsp3) is 0.211. The molecule has 0 unspecified atom stereocenters. The largest absolute Gasteiger partial charge is 0.491 e. The Labute approximate surface area is 150 Å². The van der Waals surface area contributed by atoms with E-state index in [0.717, 1.165) is 22.4 Å². The van der Waals surface area contributed by atoms with Gasteiger partial charge < -0.3 is 9.64 Å². The smallest absolute Gasteiger partial charge is 0.256 e. The van der Waals surface area contributed by atoms with Crippen LogP contribution in [0.15, 0.2) is 55.4 Å². The first kappa shape index (κ1) is 16.1. The molecule has 2 aromatic heterocycles. The predicted octanol–water partition coefficient (Wildman–Crippen LogP) is 2.36. The Hall–Kier alpha value is -3.35. The van der Waals surface area contributed by atoms with Crippen molar-refractivity contribution in [1.82, 2.24) is 25.1 Å². The molecule has 3 heterocycles. The molecule has 1 aromatic carbocycles. The molecule has 7 nitrogen and oxygen atoms in total. The number of ether oxygens (including phenoxy) is 1. The lowest BCUT2D eigenvalue weighted by Crippen LogP contribution is -2.39. The lowest BCUT2D eigenvalue weighted by molar-refractivity contribution is 0.0645. The standard InChI is InChI=1S/C19H17N5O2/c1-13-11-26-18-3-2-14(17-7-20-12-21-8-17)6-16(18)10-24(13)19(25)15-4-5-22-23-9-15/h2-9,12-13H,10-11H2,1H3/t13-/m0/s1. The quantitative estimate of drug-likeness (QED) is 0.708. The van der Waals surface area contributed by atoms with Gasteiger partial charge in [0.25, 0.3) is 5.91 Å². The van der Waals surface area contributed by atoms with Crippen molar-refractivity contribution in [3.63, 3.8) is 0 Å². The summed E-state index contributed by atoms with van der Waals surface area (Å²) in [7, 11) is 0. The number of carbonyl (C=O) groups excluding carboxylic acids is 1. The van der Waals surface area contributed by atoms with Gasteiger partial charge in [-0.2, -0.15) is 10.2 Å². The summed E-state index contributed by atoms with van der Waals surface area (Å²) < 4.78 is 5.91. The number of hydrogen-bond acceptors (Lipinski definition) is 6. The Kier molecular flexibility index (Phi) is 4.27. The number of benzene rings is 1. The maximum Gasteiger partial charge on any atom is 0.256 e. The van der Waals surface area contributed by atoms with Crippen molar-refractivity contribution in [2.75, 3.05) is 6.61 Å². The summed E-state index contributed by atoms with van der Waals surface area (Å²) in [5, 5.41) is 7.54. The van der Waals surface area contributed by atoms with E-state index in [1.54, 1.807) is 23.4 Å². The highest BCUT2D eigenvalue weighted by Crippen LogP contribution is 2.30. The fourth-order valence-electron chi connectivity index (χ4n) is 2.97. The summed E-state index contributed by atoms with van der Waals surface area (Å²) in [5.74, 6) is 0.706. The Morgan fingerprint density at radius 2 is 1.96 bits per heavy atom. The number of rotatable bonds is 2. The predicted molar refractivity (Wildman–Crippen MR) is 94.3 cm³/mol. The Morgan fingerprint density at radius 1 is 1.12 bits per heavy atom. The molecule has 0 saturated heterocycles. The first-order valence-corrected chi connectivity index (χ1v) is 8.31. The molecule has 0 spiro atoms. The van der Waals surface area contributed by atoms with Crippen LogP contribution >= 0.6 is 0 Å². The van der Waals surface area contributed by atoms with Gasteiger partial charge in [0.2, 0.25) is 0 Å². The van der Waals surface area contributed by atoms with E-state index in [1.165, 1.54) is 18.7 Å². The van der Waals surface area contributed by atoms with Crippen molar-refractivity contribution >= 4 is 5.91 Å². The molecule has 1 amide bonds. The number of aromatic nitrogens is 4. The van der Waals surface area contributed by atoms with Crippen LogP contribution in [0.3, 0.4) is 0 Å². The summed E-state index contributed by atoms with van der Waals surface area (Å²) in [6.07, 6.45) is 8.04. The van der Waals surface area contributed by atoms with E-state index in [4.69, 9.17) is 4.74 Å². The van der Waals surface area contributed by atoms with Gasteiger partial charge >= 0.3 is 0 Å². The Bertz CT molecular complexity index is 918. The van der Waals surface area contributed by atoms with Gasteiger partial charge in [-0.05, 0) is 30.7 Å². The summed E-state index contributed by atoms with van der Waals surface area (Å²) in [4.78, 5) is 22.8. The van der Waals surface area contributed by atoms with Gasteiger partial charge in [-0.3, -0.25) is 4.79 Å². The lowest BCUT2D eigenvalue weighted by atomic mass is 10.0. The van der Waals surface area contributed by atoms with Gasteiger partial charge in [0.15, 0.2) is 0 Å². The van der Waals surface area contributed by atoms with Crippen LogP contribution in [0.2, 0.25) is 0 Å². The van der Waals surface area contributed by atoms with Crippen molar-refractivity contribution in [3.8, 4) is 16.9 Å². The molecule has 0 fully saturated rings. The normalized spacial score (nSPS) is 16.3. The molecule has 1 aliphatic heterocycles.